The number of nitrogens with zero attached hydrogens (tertiary/aromatic N) is 1. The van der Waals surface area contributed by atoms with Gasteiger partial charge in [-0.3, -0.25) is 14.2 Å². The molecule has 5 aromatic carbocycles. The van der Waals surface area contributed by atoms with E-state index < -0.39 is 19.2 Å². The summed E-state index contributed by atoms with van der Waals surface area (Å²) in [6.07, 6.45) is 1.67. The third kappa shape index (κ3) is 5.16. The number of rotatable bonds is 6. The fraction of sp³-hybridized carbons (Fsp3) is 0.152. The van der Waals surface area contributed by atoms with Gasteiger partial charge in [0, 0.05) is 11.9 Å². The van der Waals surface area contributed by atoms with Crippen LogP contribution in [0.4, 0.5) is 5.69 Å². The lowest BCUT2D eigenvalue weighted by atomic mass is 9.99. The summed E-state index contributed by atoms with van der Waals surface area (Å²) in [5.41, 5.74) is 0.0325. The summed E-state index contributed by atoms with van der Waals surface area (Å²) in [7, 11) is -4.97. The maximum atomic E-state index is 14.1. The van der Waals surface area contributed by atoms with E-state index in [2.05, 4.69) is 5.32 Å². The Bertz CT molecular complexity index is 1810. The van der Waals surface area contributed by atoms with Crippen molar-refractivity contribution >= 4 is 46.6 Å². The highest BCUT2D eigenvalue weighted by molar-refractivity contribution is 7.53. The molecule has 0 saturated carbocycles. The summed E-state index contributed by atoms with van der Waals surface area (Å²) < 4.78 is 12.9. The standard InChI is InChI=1S/C33H29N2O5P/c36-32(31(41(38,39)40)27-17-8-14-22-10-4-6-15-25(22)27)34-30-26-16-7-5-11-23(26)19-20-28(30)33(37)35-21-9-18-29(35)24-12-2-1-3-13-24/h1-8,10-17,19-20,29,31H,9,18,21H2,(H,34,36)(H2,38,39,40). The minimum Gasteiger partial charge on any atom is -0.332 e. The third-order valence-electron chi connectivity index (χ3n) is 7.81. The Balaban J connectivity index is 1.44. The molecule has 0 aromatic heterocycles. The van der Waals surface area contributed by atoms with Gasteiger partial charge in [-0.1, -0.05) is 103 Å². The number of carbonyl (C=O) groups is 2. The highest BCUT2D eigenvalue weighted by atomic mass is 31.2. The van der Waals surface area contributed by atoms with Gasteiger partial charge in [0.15, 0.2) is 5.66 Å². The molecular weight excluding hydrogens is 535 g/mol. The highest BCUT2D eigenvalue weighted by Crippen LogP contribution is 2.54. The van der Waals surface area contributed by atoms with Gasteiger partial charge in [0.05, 0.1) is 17.3 Å². The van der Waals surface area contributed by atoms with Crippen LogP contribution in [0.1, 0.15) is 46.0 Å². The normalized spacial score (nSPS) is 16.1. The Morgan fingerprint density at radius 2 is 1.41 bits per heavy atom. The first-order valence-electron chi connectivity index (χ1n) is 13.5. The zero-order valence-corrected chi connectivity index (χ0v) is 23.1. The Labute approximate surface area is 237 Å². The molecule has 0 radical (unpaired) electrons. The lowest BCUT2D eigenvalue weighted by Gasteiger charge is -2.27. The van der Waals surface area contributed by atoms with Gasteiger partial charge in [0.2, 0.25) is 5.91 Å². The van der Waals surface area contributed by atoms with Crippen molar-refractivity contribution in [1.82, 2.24) is 4.90 Å². The molecule has 1 saturated heterocycles. The van der Waals surface area contributed by atoms with Crippen LogP contribution in [0.15, 0.2) is 109 Å². The van der Waals surface area contributed by atoms with E-state index in [0.29, 0.717) is 17.3 Å². The van der Waals surface area contributed by atoms with Gasteiger partial charge in [-0.15, -0.1) is 0 Å². The number of nitrogens with one attached hydrogen (secondary N) is 1. The number of anilines is 1. The number of hydrogen-bond acceptors (Lipinski definition) is 3. The van der Waals surface area contributed by atoms with Gasteiger partial charge in [0.1, 0.15) is 0 Å². The topological polar surface area (TPSA) is 107 Å². The number of amides is 2. The van der Waals surface area contributed by atoms with Gasteiger partial charge >= 0.3 is 7.60 Å². The van der Waals surface area contributed by atoms with E-state index in [0.717, 1.165) is 29.2 Å². The van der Waals surface area contributed by atoms with Crippen molar-refractivity contribution in [3.63, 3.8) is 0 Å². The Morgan fingerprint density at radius 1 is 0.780 bits per heavy atom. The van der Waals surface area contributed by atoms with Crippen LogP contribution in [0.25, 0.3) is 21.5 Å². The van der Waals surface area contributed by atoms with E-state index in [1.165, 1.54) is 0 Å². The van der Waals surface area contributed by atoms with Crippen LogP contribution < -0.4 is 5.32 Å². The van der Waals surface area contributed by atoms with Crippen LogP contribution in [0, 0.1) is 0 Å². The van der Waals surface area contributed by atoms with E-state index in [1.54, 1.807) is 42.5 Å². The average molecular weight is 565 g/mol. The Kier molecular flexibility index (Phi) is 7.18. The quantitative estimate of drug-likeness (QED) is 0.196. The first-order chi connectivity index (χ1) is 19.8. The Hall–Kier alpha value is -4.29. The largest absolute Gasteiger partial charge is 0.342 e. The predicted octanol–water partition coefficient (Wildman–Crippen LogP) is 6.83. The molecule has 1 aliphatic rings. The molecule has 5 aromatic rings. The predicted molar refractivity (Wildman–Crippen MR) is 161 cm³/mol. The molecule has 6 rings (SSSR count). The second kappa shape index (κ2) is 10.9. The molecule has 1 aliphatic heterocycles. The molecule has 8 heteroatoms. The molecule has 2 unspecified atom stereocenters. The summed E-state index contributed by atoms with van der Waals surface area (Å²) in [5.74, 6) is -1.11. The number of carbonyl (C=O) groups excluding carboxylic acids is 2. The second-order valence-electron chi connectivity index (χ2n) is 10.3. The molecule has 206 valence electrons. The van der Waals surface area contributed by atoms with Gasteiger partial charge in [0.25, 0.3) is 5.91 Å². The lowest BCUT2D eigenvalue weighted by Crippen LogP contribution is -2.32. The van der Waals surface area contributed by atoms with Crippen molar-refractivity contribution in [2.75, 3.05) is 11.9 Å². The van der Waals surface area contributed by atoms with E-state index in [4.69, 9.17) is 0 Å². The minimum absolute atomic E-state index is 0.0998. The smallest absolute Gasteiger partial charge is 0.332 e. The monoisotopic (exact) mass is 564 g/mol. The maximum absolute atomic E-state index is 14.1. The molecule has 3 N–H and O–H groups in total. The van der Waals surface area contributed by atoms with Crippen LogP contribution in [0.5, 0.6) is 0 Å². The second-order valence-corrected chi connectivity index (χ2v) is 12.0. The highest BCUT2D eigenvalue weighted by Gasteiger charge is 2.39. The summed E-state index contributed by atoms with van der Waals surface area (Å²) >= 11 is 0. The maximum Gasteiger partial charge on any atom is 0.342 e. The van der Waals surface area contributed by atoms with Crippen LogP contribution >= 0.6 is 7.60 Å². The molecule has 0 spiro atoms. The van der Waals surface area contributed by atoms with E-state index in [9.17, 15) is 23.9 Å². The minimum atomic E-state index is -4.97. The molecule has 41 heavy (non-hydrogen) atoms. The molecule has 1 fully saturated rings. The van der Waals surface area contributed by atoms with E-state index in [-0.39, 0.29) is 28.8 Å². The molecule has 0 aliphatic carbocycles. The molecule has 7 nitrogen and oxygen atoms in total. The van der Waals surface area contributed by atoms with Gasteiger partial charge in [-0.2, -0.15) is 0 Å². The molecule has 1 heterocycles. The molecular formula is C33H29N2O5P. The average Bonchev–Trinajstić information content (AvgIpc) is 3.47. The summed E-state index contributed by atoms with van der Waals surface area (Å²) in [6, 6.07) is 32.8. The number of hydrogen-bond donors (Lipinski definition) is 3. The summed E-state index contributed by atoms with van der Waals surface area (Å²) in [6.45, 7) is 0.569. The summed E-state index contributed by atoms with van der Waals surface area (Å²) in [5, 5.41) is 5.55. The molecule has 2 amide bonds. The van der Waals surface area contributed by atoms with Crippen LogP contribution in [0.2, 0.25) is 0 Å². The van der Waals surface area contributed by atoms with Gasteiger partial charge in [-0.05, 0) is 46.2 Å². The number of likely N-dealkylation sites (tertiary alicyclic amines) is 1. The van der Waals surface area contributed by atoms with E-state index >= 15 is 0 Å². The number of benzene rings is 5. The van der Waals surface area contributed by atoms with Crippen LogP contribution in [-0.2, 0) is 9.36 Å². The number of fused-ring (bicyclic) bond motifs is 2. The lowest BCUT2D eigenvalue weighted by molar-refractivity contribution is -0.116. The van der Waals surface area contributed by atoms with Crippen molar-refractivity contribution in [3.05, 3.63) is 126 Å². The van der Waals surface area contributed by atoms with Crippen LogP contribution in [-0.4, -0.2) is 33.0 Å². The first-order valence-corrected chi connectivity index (χ1v) is 15.2. The van der Waals surface area contributed by atoms with Gasteiger partial charge in [-0.25, -0.2) is 0 Å². The third-order valence-corrected chi connectivity index (χ3v) is 8.99. The van der Waals surface area contributed by atoms with Gasteiger partial charge < -0.3 is 20.0 Å². The summed E-state index contributed by atoms with van der Waals surface area (Å²) in [4.78, 5) is 50.7. The van der Waals surface area contributed by atoms with Crippen molar-refractivity contribution < 1.29 is 23.9 Å². The van der Waals surface area contributed by atoms with Crippen LogP contribution in [0.3, 0.4) is 0 Å². The zero-order valence-electron chi connectivity index (χ0n) is 22.2. The zero-order chi connectivity index (χ0) is 28.6. The molecule has 0 bridgehead atoms. The van der Waals surface area contributed by atoms with E-state index in [1.807, 2.05) is 71.6 Å². The van der Waals surface area contributed by atoms with Crippen molar-refractivity contribution in [2.24, 2.45) is 0 Å². The fourth-order valence-corrected chi connectivity index (χ4v) is 6.88. The van der Waals surface area contributed by atoms with Crippen molar-refractivity contribution in [2.45, 2.75) is 24.5 Å². The SMILES string of the molecule is O=C(Nc1c(C(=O)N2CCCC2c2ccccc2)ccc2ccccc12)C(c1cccc2ccccc12)P(=O)(O)O. The first kappa shape index (κ1) is 26.9. The Morgan fingerprint density at radius 3 is 2.15 bits per heavy atom. The van der Waals surface area contributed by atoms with Crippen molar-refractivity contribution in [1.29, 1.82) is 0 Å². The fourth-order valence-electron chi connectivity index (χ4n) is 5.93. The molecule has 2 atom stereocenters. The van der Waals surface area contributed by atoms with Crippen molar-refractivity contribution in [3.8, 4) is 0 Å².